The molecule has 0 aliphatic carbocycles. The van der Waals surface area contributed by atoms with Crippen LogP contribution in [0.5, 0.6) is 23.0 Å². The smallest absolute Gasteiger partial charge is 0.335 e. The number of rotatable bonds is 10. The summed E-state index contributed by atoms with van der Waals surface area (Å²) in [5, 5.41) is 18.8. The number of carboxylic acid groups (broad SMARTS) is 1. The van der Waals surface area contributed by atoms with Gasteiger partial charge in [0.1, 0.15) is 12.3 Å². The fourth-order valence-electron chi connectivity index (χ4n) is 3.03. The maximum Gasteiger partial charge on any atom is 0.335 e. The molecule has 2 N–H and O–H groups in total. The standard InChI is InChI=1S/C23H23NO8S/c1-15-7-9-17(10-8-15)24(33(28)29)18-13-16(23(26)27)14-21(31-12-11-25)22(18)32-20-6-4-3-5-19(20)30-2/h3-10,13-14,25H,11-12H2,1-2H3,(H,26,27)(H,28,29)/p-1. The van der Waals surface area contributed by atoms with Gasteiger partial charge >= 0.3 is 5.97 Å². The molecule has 0 saturated carbocycles. The molecule has 1 unspecified atom stereocenters. The van der Waals surface area contributed by atoms with Crippen molar-refractivity contribution in [3.63, 3.8) is 0 Å². The molecule has 0 spiro atoms. The van der Waals surface area contributed by atoms with Gasteiger partial charge in [-0.15, -0.1) is 0 Å². The van der Waals surface area contributed by atoms with Gasteiger partial charge < -0.3 is 29.0 Å². The van der Waals surface area contributed by atoms with Crippen LogP contribution in [0.3, 0.4) is 0 Å². The molecule has 0 aliphatic rings. The predicted octanol–water partition coefficient (Wildman–Crippen LogP) is 3.80. The number of ether oxygens (including phenoxy) is 3. The molecule has 0 heterocycles. The predicted molar refractivity (Wildman–Crippen MR) is 121 cm³/mol. The van der Waals surface area contributed by atoms with Crippen LogP contribution in [-0.4, -0.2) is 45.3 Å². The topological polar surface area (TPSA) is 129 Å². The molecule has 0 aliphatic heterocycles. The highest BCUT2D eigenvalue weighted by Crippen LogP contribution is 2.46. The number of carboxylic acids is 1. The van der Waals surface area contributed by atoms with Crippen LogP contribution < -0.4 is 18.5 Å². The van der Waals surface area contributed by atoms with Crippen LogP contribution in [0.15, 0.2) is 60.7 Å². The summed E-state index contributed by atoms with van der Waals surface area (Å²) in [5.74, 6) is -0.813. The number of aryl methyl sites for hydroxylation is 1. The van der Waals surface area contributed by atoms with Crippen LogP contribution in [0.1, 0.15) is 15.9 Å². The lowest BCUT2D eigenvalue weighted by molar-refractivity contribution is 0.0696. The number of methoxy groups -OCH3 is 1. The number of carbonyl (C=O) groups is 1. The Morgan fingerprint density at radius 2 is 1.73 bits per heavy atom. The van der Waals surface area contributed by atoms with E-state index in [1.165, 1.54) is 19.2 Å². The molecule has 33 heavy (non-hydrogen) atoms. The van der Waals surface area contributed by atoms with E-state index < -0.39 is 17.2 Å². The Balaban J connectivity index is 2.28. The minimum atomic E-state index is -2.85. The third-order valence-corrected chi connectivity index (χ3v) is 5.25. The first-order chi connectivity index (χ1) is 15.8. The monoisotopic (exact) mass is 472 g/mol. The van der Waals surface area contributed by atoms with Crippen molar-refractivity contribution in [3.8, 4) is 23.0 Å². The Morgan fingerprint density at radius 1 is 1.06 bits per heavy atom. The van der Waals surface area contributed by atoms with Crippen LogP contribution in [-0.2, 0) is 11.3 Å². The van der Waals surface area contributed by atoms with Gasteiger partial charge in [0.15, 0.2) is 23.0 Å². The second-order valence-corrected chi connectivity index (χ2v) is 7.60. The number of aliphatic hydroxyl groups excluding tert-OH is 1. The quantitative estimate of drug-likeness (QED) is 0.427. The summed E-state index contributed by atoms with van der Waals surface area (Å²) in [6.45, 7) is 1.33. The minimum Gasteiger partial charge on any atom is -0.755 e. The number of aliphatic hydroxyl groups is 1. The molecule has 3 aromatic rings. The number of para-hydroxylation sites is 2. The van der Waals surface area contributed by atoms with Crippen molar-refractivity contribution >= 4 is 28.6 Å². The molecule has 1 atom stereocenters. The van der Waals surface area contributed by atoms with E-state index in [1.54, 1.807) is 48.5 Å². The maximum absolute atomic E-state index is 12.3. The summed E-state index contributed by atoms with van der Waals surface area (Å²) in [6.07, 6.45) is 0. The molecule has 0 aromatic heterocycles. The van der Waals surface area contributed by atoms with Crippen molar-refractivity contribution in [2.75, 3.05) is 24.6 Å². The molecule has 0 amide bonds. The van der Waals surface area contributed by atoms with Crippen LogP contribution in [0.25, 0.3) is 0 Å². The molecule has 0 radical (unpaired) electrons. The molecule has 9 nitrogen and oxygen atoms in total. The molecule has 0 fully saturated rings. The van der Waals surface area contributed by atoms with E-state index in [-0.39, 0.29) is 47.4 Å². The molecular weight excluding hydrogens is 450 g/mol. The SMILES string of the molecule is COc1ccccc1Oc1c(OCCO)cc(C(=O)O)cc1N(c1ccc(C)cc1)S(=O)[O-]. The van der Waals surface area contributed by atoms with E-state index >= 15 is 0 Å². The van der Waals surface area contributed by atoms with Gasteiger partial charge in [0, 0.05) is 0 Å². The van der Waals surface area contributed by atoms with E-state index in [0.29, 0.717) is 5.75 Å². The normalized spacial score (nSPS) is 11.5. The Labute approximate surface area is 193 Å². The first-order valence-electron chi connectivity index (χ1n) is 9.77. The lowest BCUT2D eigenvalue weighted by Gasteiger charge is -2.29. The molecular formula is C23H22NO8S-. The number of hydrogen-bond donors (Lipinski definition) is 2. The number of nitrogens with zero attached hydrogens (tertiary/aromatic N) is 1. The fourth-order valence-corrected chi connectivity index (χ4v) is 3.62. The number of hydrogen-bond acceptors (Lipinski definition) is 7. The molecule has 174 valence electrons. The van der Waals surface area contributed by atoms with E-state index in [2.05, 4.69) is 0 Å². The average molecular weight is 472 g/mol. The first-order valence-corrected chi connectivity index (χ1v) is 10.8. The summed E-state index contributed by atoms with van der Waals surface area (Å²) >= 11 is -2.85. The molecule has 3 aromatic carbocycles. The van der Waals surface area contributed by atoms with Crippen LogP contribution >= 0.6 is 0 Å². The minimum absolute atomic E-state index is 0.0626. The second-order valence-electron chi connectivity index (χ2n) is 6.80. The van der Waals surface area contributed by atoms with Crippen molar-refractivity contribution < 1.29 is 38.0 Å². The number of aromatic carboxylic acids is 1. The highest BCUT2D eigenvalue weighted by molar-refractivity contribution is 7.81. The van der Waals surface area contributed by atoms with E-state index in [0.717, 1.165) is 9.87 Å². The largest absolute Gasteiger partial charge is 0.755 e. The Bertz CT molecular complexity index is 1150. The van der Waals surface area contributed by atoms with Crippen molar-refractivity contribution in [1.29, 1.82) is 0 Å². The lowest BCUT2D eigenvalue weighted by atomic mass is 10.1. The zero-order valence-electron chi connectivity index (χ0n) is 17.9. The zero-order chi connectivity index (χ0) is 24.0. The van der Waals surface area contributed by atoms with Crippen molar-refractivity contribution in [1.82, 2.24) is 0 Å². The fraction of sp³-hybridized carbons (Fsp3) is 0.174. The highest BCUT2D eigenvalue weighted by Gasteiger charge is 2.25. The van der Waals surface area contributed by atoms with Gasteiger partial charge in [-0.2, -0.15) is 0 Å². The van der Waals surface area contributed by atoms with Gasteiger partial charge in [-0.3, -0.25) is 8.51 Å². The molecule has 0 bridgehead atoms. The van der Waals surface area contributed by atoms with E-state index in [4.69, 9.17) is 14.2 Å². The third kappa shape index (κ3) is 5.61. The zero-order valence-corrected chi connectivity index (χ0v) is 18.7. The lowest BCUT2D eigenvalue weighted by Crippen LogP contribution is -2.21. The van der Waals surface area contributed by atoms with Gasteiger partial charge in [-0.25, -0.2) is 4.79 Å². The van der Waals surface area contributed by atoms with Crippen molar-refractivity contribution in [2.45, 2.75) is 6.92 Å². The Hall–Kier alpha value is -3.60. The Morgan fingerprint density at radius 3 is 2.30 bits per heavy atom. The van der Waals surface area contributed by atoms with Crippen LogP contribution in [0.4, 0.5) is 11.4 Å². The Kier molecular flexibility index (Phi) is 7.88. The number of anilines is 2. The van der Waals surface area contributed by atoms with Crippen molar-refractivity contribution in [3.05, 3.63) is 71.8 Å². The van der Waals surface area contributed by atoms with Gasteiger partial charge in [-0.05, 0) is 43.3 Å². The highest BCUT2D eigenvalue weighted by atomic mass is 32.2. The number of benzene rings is 3. The summed E-state index contributed by atoms with van der Waals surface area (Å²) in [4.78, 5) is 11.8. The molecule has 3 rings (SSSR count). The molecule has 0 saturated heterocycles. The first kappa shape index (κ1) is 24.1. The maximum atomic E-state index is 12.3. The average Bonchev–Trinajstić information content (AvgIpc) is 2.80. The van der Waals surface area contributed by atoms with Crippen LogP contribution in [0.2, 0.25) is 0 Å². The van der Waals surface area contributed by atoms with Crippen molar-refractivity contribution in [2.24, 2.45) is 0 Å². The third-order valence-electron chi connectivity index (χ3n) is 4.55. The van der Waals surface area contributed by atoms with E-state index in [9.17, 15) is 23.8 Å². The molecule has 10 heteroatoms. The second kappa shape index (κ2) is 10.8. The summed E-state index contributed by atoms with van der Waals surface area (Å²) in [5.41, 5.74) is 0.848. The van der Waals surface area contributed by atoms with Gasteiger partial charge in [0.05, 0.1) is 36.2 Å². The summed E-state index contributed by atoms with van der Waals surface area (Å²) in [6, 6.07) is 15.7. The van der Waals surface area contributed by atoms with Crippen LogP contribution in [0, 0.1) is 6.92 Å². The summed E-state index contributed by atoms with van der Waals surface area (Å²) < 4.78 is 42.5. The van der Waals surface area contributed by atoms with Gasteiger partial charge in [0.25, 0.3) is 0 Å². The van der Waals surface area contributed by atoms with E-state index in [1.807, 2.05) is 6.92 Å². The van der Waals surface area contributed by atoms with Gasteiger partial charge in [0.2, 0.25) is 0 Å². The van der Waals surface area contributed by atoms with Gasteiger partial charge in [-0.1, -0.05) is 29.8 Å². The summed E-state index contributed by atoms with van der Waals surface area (Å²) in [7, 11) is 1.45.